The van der Waals surface area contributed by atoms with Gasteiger partial charge < -0.3 is 9.64 Å². The molecule has 0 fully saturated rings. The molecule has 0 aromatic heterocycles. The number of nitrogens with zero attached hydrogens (tertiary/aromatic N) is 1. The van der Waals surface area contributed by atoms with E-state index in [4.69, 9.17) is 4.74 Å². The van der Waals surface area contributed by atoms with Gasteiger partial charge >= 0.3 is 5.97 Å². The van der Waals surface area contributed by atoms with Gasteiger partial charge in [0.1, 0.15) is 6.04 Å². The molecule has 0 heterocycles. The molecular formula is C15H24N2O2. The monoisotopic (exact) mass is 264 g/mol. The first-order valence-electron chi connectivity index (χ1n) is 6.48. The third kappa shape index (κ3) is 5.01. The predicted molar refractivity (Wildman–Crippen MR) is 77.2 cm³/mol. The fourth-order valence-corrected chi connectivity index (χ4v) is 2.06. The van der Waals surface area contributed by atoms with Crippen molar-refractivity contribution in [1.29, 1.82) is 0 Å². The van der Waals surface area contributed by atoms with Crippen molar-refractivity contribution >= 4 is 5.97 Å². The Morgan fingerprint density at radius 1 is 1.26 bits per heavy atom. The van der Waals surface area contributed by atoms with E-state index in [0.29, 0.717) is 0 Å². The van der Waals surface area contributed by atoms with Crippen LogP contribution in [0.25, 0.3) is 0 Å². The summed E-state index contributed by atoms with van der Waals surface area (Å²) >= 11 is 0. The third-order valence-electron chi connectivity index (χ3n) is 2.92. The first-order valence-corrected chi connectivity index (χ1v) is 6.48. The number of carbonyl (C=O) groups is 1. The number of aryl methyl sites for hydroxylation is 2. The Kier molecular flexibility index (Phi) is 5.99. The maximum absolute atomic E-state index is 11.9. The second-order valence-corrected chi connectivity index (χ2v) is 5.13. The summed E-state index contributed by atoms with van der Waals surface area (Å²) in [6.45, 7) is 5.67. The first-order chi connectivity index (χ1) is 8.93. The molecule has 0 aliphatic carbocycles. The van der Waals surface area contributed by atoms with Crippen molar-refractivity contribution in [2.75, 3.05) is 34.3 Å². The maximum Gasteiger partial charge on any atom is 0.327 e. The molecule has 1 aromatic rings. The van der Waals surface area contributed by atoms with Gasteiger partial charge in [0.2, 0.25) is 0 Å². The van der Waals surface area contributed by atoms with Crippen LogP contribution in [0.1, 0.15) is 22.7 Å². The Labute approximate surface area is 115 Å². The molecule has 0 bridgehead atoms. The molecule has 4 nitrogen and oxygen atoms in total. The van der Waals surface area contributed by atoms with E-state index in [1.165, 1.54) is 7.11 Å². The molecule has 106 valence electrons. The molecule has 0 radical (unpaired) electrons. The number of esters is 1. The van der Waals surface area contributed by atoms with E-state index < -0.39 is 6.04 Å². The quantitative estimate of drug-likeness (QED) is 0.794. The SMILES string of the molecule is COC(=O)C(NCCN(C)C)c1cc(C)cc(C)c1. The van der Waals surface area contributed by atoms with E-state index in [2.05, 4.69) is 16.3 Å². The van der Waals surface area contributed by atoms with Gasteiger partial charge in [-0.3, -0.25) is 5.32 Å². The number of carbonyl (C=O) groups excluding carboxylic acids is 1. The van der Waals surface area contributed by atoms with E-state index in [0.717, 1.165) is 29.8 Å². The standard InChI is InChI=1S/C15H24N2O2/c1-11-8-12(2)10-13(9-11)14(15(18)19-5)16-6-7-17(3)4/h8-10,14,16H,6-7H2,1-5H3. The fraction of sp³-hybridized carbons (Fsp3) is 0.533. The molecule has 0 aliphatic rings. The van der Waals surface area contributed by atoms with Gasteiger partial charge in [-0.05, 0) is 33.5 Å². The second kappa shape index (κ2) is 7.26. The highest BCUT2D eigenvalue weighted by molar-refractivity contribution is 5.77. The maximum atomic E-state index is 11.9. The van der Waals surface area contributed by atoms with Crippen molar-refractivity contribution in [2.24, 2.45) is 0 Å². The minimum atomic E-state index is -0.399. The van der Waals surface area contributed by atoms with Crippen LogP contribution in [0.2, 0.25) is 0 Å². The third-order valence-corrected chi connectivity index (χ3v) is 2.92. The fourth-order valence-electron chi connectivity index (χ4n) is 2.06. The van der Waals surface area contributed by atoms with Gasteiger partial charge in [0.05, 0.1) is 7.11 Å². The molecule has 1 unspecified atom stereocenters. The predicted octanol–water partition coefficient (Wildman–Crippen LogP) is 1.67. The van der Waals surface area contributed by atoms with Gasteiger partial charge in [-0.2, -0.15) is 0 Å². The van der Waals surface area contributed by atoms with Gasteiger partial charge in [0.25, 0.3) is 0 Å². The Hall–Kier alpha value is -1.39. The molecule has 19 heavy (non-hydrogen) atoms. The van der Waals surface area contributed by atoms with Crippen molar-refractivity contribution in [3.05, 3.63) is 34.9 Å². The molecule has 0 spiro atoms. The molecule has 0 amide bonds. The van der Waals surface area contributed by atoms with Gasteiger partial charge in [0, 0.05) is 13.1 Å². The summed E-state index contributed by atoms with van der Waals surface area (Å²) in [6, 6.07) is 5.75. The first kappa shape index (κ1) is 15.7. The molecule has 1 aromatic carbocycles. The number of ether oxygens (including phenoxy) is 1. The van der Waals surface area contributed by atoms with Crippen molar-refractivity contribution in [3.63, 3.8) is 0 Å². The van der Waals surface area contributed by atoms with Crippen LogP contribution in [0.4, 0.5) is 0 Å². The second-order valence-electron chi connectivity index (χ2n) is 5.13. The minimum absolute atomic E-state index is 0.247. The number of methoxy groups -OCH3 is 1. The van der Waals surface area contributed by atoms with Crippen molar-refractivity contribution in [2.45, 2.75) is 19.9 Å². The number of rotatable bonds is 6. The summed E-state index contributed by atoms with van der Waals surface area (Å²) in [5, 5.41) is 3.26. The lowest BCUT2D eigenvalue weighted by atomic mass is 10.0. The number of likely N-dealkylation sites (N-methyl/N-ethyl adjacent to an activating group) is 1. The highest BCUT2D eigenvalue weighted by Gasteiger charge is 2.21. The summed E-state index contributed by atoms with van der Waals surface area (Å²) in [4.78, 5) is 14.0. The van der Waals surface area contributed by atoms with Crippen molar-refractivity contribution in [3.8, 4) is 0 Å². The Bertz CT molecular complexity index is 410. The molecule has 1 atom stereocenters. The summed E-state index contributed by atoms with van der Waals surface area (Å²) in [5.74, 6) is -0.247. The number of hydrogen-bond donors (Lipinski definition) is 1. The Morgan fingerprint density at radius 2 is 1.84 bits per heavy atom. The zero-order valence-electron chi connectivity index (χ0n) is 12.5. The topological polar surface area (TPSA) is 41.6 Å². The Morgan fingerprint density at radius 3 is 2.32 bits per heavy atom. The minimum Gasteiger partial charge on any atom is -0.468 e. The van der Waals surface area contributed by atoms with Gasteiger partial charge in [-0.15, -0.1) is 0 Å². The summed E-state index contributed by atoms with van der Waals surface area (Å²) in [7, 11) is 5.43. The van der Waals surface area contributed by atoms with Gasteiger partial charge in [-0.1, -0.05) is 29.3 Å². The highest BCUT2D eigenvalue weighted by atomic mass is 16.5. The van der Waals surface area contributed by atoms with Crippen LogP contribution in [0.15, 0.2) is 18.2 Å². The van der Waals surface area contributed by atoms with Crippen LogP contribution >= 0.6 is 0 Å². The van der Waals surface area contributed by atoms with E-state index >= 15 is 0 Å². The van der Waals surface area contributed by atoms with Crippen LogP contribution in [-0.4, -0.2) is 45.2 Å². The molecule has 0 saturated heterocycles. The normalized spacial score (nSPS) is 12.5. The smallest absolute Gasteiger partial charge is 0.327 e. The van der Waals surface area contributed by atoms with E-state index in [-0.39, 0.29) is 5.97 Å². The zero-order valence-corrected chi connectivity index (χ0v) is 12.5. The van der Waals surface area contributed by atoms with E-state index in [1.54, 1.807) is 0 Å². The molecular weight excluding hydrogens is 240 g/mol. The van der Waals surface area contributed by atoms with Crippen LogP contribution < -0.4 is 5.32 Å². The lowest BCUT2D eigenvalue weighted by molar-refractivity contribution is -0.143. The average Bonchev–Trinajstić information content (AvgIpc) is 2.32. The lowest BCUT2D eigenvalue weighted by Crippen LogP contribution is -2.34. The molecule has 4 heteroatoms. The molecule has 1 rings (SSSR count). The molecule has 0 saturated carbocycles. The lowest BCUT2D eigenvalue weighted by Gasteiger charge is -2.19. The van der Waals surface area contributed by atoms with E-state index in [9.17, 15) is 4.79 Å². The summed E-state index contributed by atoms with van der Waals surface area (Å²) < 4.78 is 4.89. The number of hydrogen-bond acceptors (Lipinski definition) is 4. The average molecular weight is 264 g/mol. The molecule has 0 aliphatic heterocycles. The van der Waals surface area contributed by atoms with Gasteiger partial charge in [0.15, 0.2) is 0 Å². The largest absolute Gasteiger partial charge is 0.468 e. The highest BCUT2D eigenvalue weighted by Crippen LogP contribution is 2.18. The molecule has 1 N–H and O–H groups in total. The van der Waals surface area contributed by atoms with Crippen LogP contribution in [0.3, 0.4) is 0 Å². The van der Waals surface area contributed by atoms with Crippen molar-refractivity contribution in [1.82, 2.24) is 10.2 Å². The number of nitrogens with one attached hydrogen (secondary N) is 1. The summed E-state index contributed by atoms with van der Waals surface area (Å²) in [5.41, 5.74) is 3.26. The summed E-state index contributed by atoms with van der Waals surface area (Å²) in [6.07, 6.45) is 0. The Balaban J connectivity index is 2.86. The number of benzene rings is 1. The van der Waals surface area contributed by atoms with Gasteiger partial charge in [-0.25, -0.2) is 4.79 Å². The van der Waals surface area contributed by atoms with Crippen LogP contribution in [0, 0.1) is 13.8 Å². The van der Waals surface area contributed by atoms with Crippen molar-refractivity contribution < 1.29 is 9.53 Å². The van der Waals surface area contributed by atoms with E-state index in [1.807, 2.05) is 40.1 Å². The van der Waals surface area contributed by atoms with Crippen LogP contribution in [-0.2, 0) is 9.53 Å². The zero-order chi connectivity index (χ0) is 14.4. The van der Waals surface area contributed by atoms with Crippen LogP contribution in [0.5, 0.6) is 0 Å².